The third kappa shape index (κ3) is 5.92. The van der Waals surface area contributed by atoms with Gasteiger partial charge in [0.15, 0.2) is 0 Å². The Labute approximate surface area is 154 Å². The van der Waals surface area contributed by atoms with Crippen LogP contribution in [0.3, 0.4) is 0 Å². The summed E-state index contributed by atoms with van der Waals surface area (Å²) in [7, 11) is 0. The zero-order valence-corrected chi connectivity index (χ0v) is 16.4. The van der Waals surface area contributed by atoms with E-state index in [4.69, 9.17) is 0 Å². The zero-order valence-electron chi connectivity index (χ0n) is 16.4. The number of H-pyrrole nitrogens is 1. The number of benzene rings is 1. The van der Waals surface area contributed by atoms with Crippen molar-refractivity contribution in [1.29, 1.82) is 0 Å². The third-order valence-electron chi connectivity index (χ3n) is 4.84. The Morgan fingerprint density at radius 2 is 1.72 bits per heavy atom. The predicted octanol–water partition coefficient (Wildman–Crippen LogP) is 7.92. The van der Waals surface area contributed by atoms with Crippen LogP contribution in [-0.4, -0.2) is 4.98 Å². The smallest absolute Gasteiger partial charge is 0.0465 e. The summed E-state index contributed by atoms with van der Waals surface area (Å²) in [6, 6.07) is 6.95. The van der Waals surface area contributed by atoms with E-state index in [-0.39, 0.29) is 0 Å². The molecule has 2 rings (SSSR count). The van der Waals surface area contributed by atoms with E-state index >= 15 is 0 Å². The first-order valence-corrected chi connectivity index (χ1v) is 10.2. The number of rotatable bonds is 11. The number of aromatic amines is 1. The molecule has 0 unspecified atom stereocenters. The van der Waals surface area contributed by atoms with Gasteiger partial charge in [0.05, 0.1) is 0 Å². The number of fused-ring (bicyclic) bond motifs is 1. The minimum Gasteiger partial charge on any atom is -0.355 e. The second kappa shape index (κ2) is 11.0. The molecule has 0 atom stereocenters. The van der Waals surface area contributed by atoms with Crippen LogP contribution in [0.25, 0.3) is 23.1 Å². The molecule has 1 heterocycles. The van der Waals surface area contributed by atoms with Crippen LogP contribution >= 0.6 is 0 Å². The Morgan fingerprint density at radius 1 is 0.920 bits per heavy atom. The second-order valence-electron chi connectivity index (χ2n) is 7.04. The van der Waals surface area contributed by atoms with Crippen LogP contribution in [0.5, 0.6) is 0 Å². The molecule has 0 amide bonds. The minimum absolute atomic E-state index is 1.17. The molecule has 0 saturated carbocycles. The molecule has 1 heteroatoms. The lowest BCUT2D eigenvalue weighted by Crippen LogP contribution is -1.86. The van der Waals surface area contributed by atoms with Crippen molar-refractivity contribution in [2.24, 2.45) is 0 Å². The summed E-state index contributed by atoms with van der Waals surface area (Å²) in [5, 5.41) is 1.37. The molecule has 0 radical (unpaired) electrons. The van der Waals surface area contributed by atoms with Crippen molar-refractivity contribution in [2.75, 3.05) is 0 Å². The second-order valence-corrected chi connectivity index (χ2v) is 7.04. The molecule has 0 aliphatic rings. The molecule has 136 valence electrons. The van der Waals surface area contributed by atoms with E-state index in [0.29, 0.717) is 0 Å². The monoisotopic (exact) mass is 337 g/mol. The van der Waals surface area contributed by atoms with Gasteiger partial charge in [0.25, 0.3) is 0 Å². The third-order valence-corrected chi connectivity index (χ3v) is 4.84. The van der Waals surface area contributed by atoms with Gasteiger partial charge in [-0.15, -0.1) is 0 Å². The van der Waals surface area contributed by atoms with E-state index in [9.17, 15) is 0 Å². The average Bonchev–Trinajstić information content (AvgIpc) is 2.96. The maximum atomic E-state index is 3.58. The van der Waals surface area contributed by atoms with E-state index in [1.165, 1.54) is 85.5 Å². The largest absolute Gasteiger partial charge is 0.355 e. The molecule has 0 spiro atoms. The lowest BCUT2D eigenvalue weighted by molar-refractivity contribution is 0.667. The number of nitrogens with one attached hydrogen (secondary N) is 1. The minimum atomic E-state index is 1.17. The maximum absolute atomic E-state index is 3.58. The number of hydrogen-bond acceptors (Lipinski definition) is 0. The van der Waals surface area contributed by atoms with Gasteiger partial charge in [0.1, 0.15) is 0 Å². The quantitative estimate of drug-likeness (QED) is 0.401. The Balaban J connectivity index is 2.20. The first kappa shape index (κ1) is 19.6. The molecule has 0 bridgehead atoms. The SMILES string of the molecule is C/C=C\c1[nH]c2ccc(CCCCCC)cc2c1/C=C/CCCCC. The fourth-order valence-electron chi connectivity index (χ4n) is 3.38. The molecular formula is C24H35N. The van der Waals surface area contributed by atoms with Crippen LogP contribution < -0.4 is 0 Å². The number of allylic oxidation sites excluding steroid dienone is 2. The molecule has 1 nitrogen and oxygen atoms in total. The number of hydrogen-bond donors (Lipinski definition) is 1. The highest BCUT2D eigenvalue weighted by Gasteiger charge is 2.08. The van der Waals surface area contributed by atoms with E-state index in [0.717, 1.165) is 0 Å². The molecule has 0 aliphatic heterocycles. The highest BCUT2D eigenvalue weighted by molar-refractivity contribution is 5.93. The van der Waals surface area contributed by atoms with Crippen molar-refractivity contribution < 1.29 is 0 Å². The first-order chi connectivity index (χ1) is 12.3. The van der Waals surface area contributed by atoms with Crippen molar-refractivity contribution in [3.63, 3.8) is 0 Å². The lowest BCUT2D eigenvalue weighted by atomic mass is 10.0. The lowest BCUT2D eigenvalue weighted by Gasteiger charge is -2.02. The van der Waals surface area contributed by atoms with Crippen molar-refractivity contribution in [2.45, 2.75) is 78.6 Å². The van der Waals surface area contributed by atoms with Crippen LogP contribution in [0.15, 0.2) is 30.4 Å². The number of aromatic nitrogens is 1. The van der Waals surface area contributed by atoms with Crippen molar-refractivity contribution >= 4 is 23.1 Å². The summed E-state index contributed by atoms with van der Waals surface area (Å²) in [6.07, 6.45) is 20.5. The van der Waals surface area contributed by atoms with Crippen molar-refractivity contribution in [3.8, 4) is 0 Å². The molecule has 1 aromatic heterocycles. The van der Waals surface area contributed by atoms with Crippen LogP contribution in [-0.2, 0) is 6.42 Å². The number of aryl methyl sites for hydroxylation is 1. The normalized spacial score (nSPS) is 12.1. The van der Waals surface area contributed by atoms with Gasteiger partial charge in [0, 0.05) is 22.2 Å². The average molecular weight is 338 g/mol. The molecule has 1 aromatic carbocycles. The van der Waals surface area contributed by atoms with Gasteiger partial charge in [-0.2, -0.15) is 0 Å². The molecule has 1 N–H and O–H groups in total. The van der Waals surface area contributed by atoms with Gasteiger partial charge in [-0.3, -0.25) is 0 Å². The topological polar surface area (TPSA) is 15.8 Å². The zero-order chi connectivity index (χ0) is 17.9. The summed E-state index contributed by atoms with van der Waals surface area (Å²) in [4.78, 5) is 3.58. The van der Waals surface area contributed by atoms with E-state index in [2.05, 4.69) is 68.3 Å². The molecular weight excluding hydrogens is 302 g/mol. The molecule has 0 fully saturated rings. The standard InChI is InChI=1S/C24H35N/c1-4-7-9-11-13-16-21-22-19-20(15-12-10-8-5-2)17-18-24(22)25-23(21)14-6-3/h6,13-14,16-19,25H,4-5,7-12,15H2,1-3H3/b14-6-,16-13+. The Kier molecular flexibility index (Phi) is 8.59. The van der Waals surface area contributed by atoms with E-state index in [1.54, 1.807) is 0 Å². The summed E-state index contributed by atoms with van der Waals surface area (Å²) >= 11 is 0. The summed E-state index contributed by atoms with van der Waals surface area (Å²) in [5.74, 6) is 0. The van der Waals surface area contributed by atoms with Crippen LogP contribution in [0.2, 0.25) is 0 Å². The van der Waals surface area contributed by atoms with Gasteiger partial charge in [-0.1, -0.05) is 70.2 Å². The fourth-order valence-corrected chi connectivity index (χ4v) is 3.38. The van der Waals surface area contributed by atoms with E-state index in [1.807, 2.05) is 0 Å². The summed E-state index contributed by atoms with van der Waals surface area (Å²) in [5.41, 5.74) is 5.29. The summed E-state index contributed by atoms with van der Waals surface area (Å²) in [6.45, 7) is 6.61. The fraction of sp³-hybridized carbons (Fsp3) is 0.500. The Bertz CT molecular complexity index is 687. The van der Waals surface area contributed by atoms with Crippen LogP contribution in [0, 0.1) is 0 Å². The molecule has 0 saturated heterocycles. The highest BCUT2D eigenvalue weighted by atomic mass is 14.7. The van der Waals surface area contributed by atoms with E-state index < -0.39 is 0 Å². The molecule has 25 heavy (non-hydrogen) atoms. The van der Waals surface area contributed by atoms with Crippen LogP contribution in [0.4, 0.5) is 0 Å². The van der Waals surface area contributed by atoms with Crippen LogP contribution in [0.1, 0.15) is 89.0 Å². The molecule has 2 aromatic rings. The van der Waals surface area contributed by atoms with Gasteiger partial charge in [-0.05, 0) is 56.4 Å². The van der Waals surface area contributed by atoms with Crippen molar-refractivity contribution in [3.05, 3.63) is 47.2 Å². The van der Waals surface area contributed by atoms with Gasteiger partial charge < -0.3 is 4.98 Å². The van der Waals surface area contributed by atoms with Gasteiger partial charge >= 0.3 is 0 Å². The number of unbranched alkanes of at least 4 members (excludes halogenated alkanes) is 6. The Hall–Kier alpha value is -1.76. The maximum Gasteiger partial charge on any atom is 0.0465 e. The highest BCUT2D eigenvalue weighted by Crippen LogP contribution is 2.27. The Morgan fingerprint density at radius 3 is 2.48 bits per heavy atom. The van der Waals surface area contributed by atoms with Crippen molar-refractivity contribution in [1.82, 2.24) is 4.98 Å². The summed E-state index contributed by atoms with van der Waals surface area (Å²) < 4.78 is 0. The molecule has 0 aliphatic carbocycles. The predicted molar refractivity (Wildman–Crippen MR) is 114 cm³/mol. The van der Waals surface area contributed by atoms with Gasteiger partial charge in [0.2, 0.25) is 0 Å². The van der Waals surface area contributed by atoms with Gasteiger partial charge in [-0.25, -0.2) is 0 Å². The first-order valence-electron chi connectivity index (χ1n) is 10.2.